The number of benzene rings is 1. The molecule has 1 aliphatic carbocycles. The molecule has 1 aliphatic heterocycles. The molecule has 116 valence electrons. The van der Waals surface area contributed by atoms with Crippen LogP contribution in [0.25, 0.3) is 0 Å². The number of hydrogen-bond acceptors (Lipinski definition) is 2. The van der Waals surface area contributed by atoms with E-state index in [0.29, 0.717) is 5.54 Å². The van der Waals surface area contributed by atoms with Crippen molar-refractivity contribution in [2.75, 3.05) is 13.1 Å². The molecular weight excluding hydrogens is 331 g/mol. The van der Waals surface area contributed by atoms with Gasteiger partial charge < -0.3 is 5.32 Å². The number of hydrogen-bond donors (Lipinski definition) is 1. The van der Waals surface area contributed by atoms with Gasteiger partial charge in [-0.05, 0) is 44.4 Å². The van der Waals surface area contributed by atoms with Gasteiger partial charge in [-0.1, -0.05) is 34.8 Å². The fourth-order valence-electron chi connectivity index (χ4n) is 3.82. The molecule has 0 aromatic heterocycles. The van der Waals surface area contributed by atoms with Crippen LogP contribution in [0.2, 0.25) is 0 Å². The molecule has 0 radical (unpaired) electrons. The fourth-order valence-corrected chi connectivity index (χ4v) is 4.30. The molecule has 2 nitrogen and oxygen atoms in total. The third kappa shape index (κ3) is 3.17. The van der Waals surface area contributed by atoms with Crippen LogP contribution in [0.1, 0.15) is 45.1 Å². The molecule has 4 heteroatoms. The highest BCUT2D eigenvalue weighted by molar-refractivity contribution is 9.10. The quantitative estimate of drug-likeness (QED) is 0.860. The van der Waals surface area contributed by atoms with Crippen molar-refractivity contribution in [3.8, 4) is 0 Å². The smallest absolute Gasteiger partial charge is 0.124 e. The summed E-state index contributed by atoms with van der Waals surface area (Å²) in [6, 6.07) is 5.05. The van der Waals surface area contributed by atoms with Crippen molar-refractivity contribution >= 4 is 15.9 Å². The van der Waals surface area contributed by atoms with E-state index in [9.17, 15) is 4.39 Å². The summed E-state index contributed by atoms with van der Waals surface area (Å²) >= 11 is 3.52. The topological polar surface area (TPSA) is 15.3 Å². The van der Waals surface area contributed by atoms with Crippen LogP contribution in [0.5, 0.6) is 0 Å². The molecule has 1 saturated carbocycles. The highest BCUT2D eigenvalue weighted by Gasteiger charge is 2.45. The molecule has 1 N–H and O–H groups in total. The van der Waals surface area contributed by atoms with Crippen LogP contribution in [0.4, 0.5) is 4.39 Å². The first-order valence-electron chi connectivity index (χ1n) is 7.84. The van der Waals surface area contributed by atoms with Gasteiger partial charge in [-0.3, -0.25) is 4.90 Å². The Labute approximate surface area is 135 Å². The highest BCUT2D eigenvalue weighted by Crippen LogP contribution is 2.39. The van der Waals surface area contributed by atoms with E-state index < -0.39 is 0 Å². The van der Waals surface area contributed by atoms with Crippen molar-refractivity contribution in [2.45, 2.75) is 57.2 Å². The second-order valence-corrected chi connectivity index (χ2v) is 8.12. The lowest BCUT2D eigenvalue weighted by molar-refractivity contribution is 0.0120. The molecule has 1 saturated heterocycles. The van der Waals surface area contributed by atoms with E-state index in [2.05, 4.69) is 40.0 Å². The van der Waals surface area contributed by atoms with Gasteiger partial charge >= 0.3 is 0 Å². The van der Waals surface area contributed by atoms with Crippen molar-refractivity contribution in [2.24, 2.45) is 0 Å². The zero-order chi connectivity index (χ0) is 15.1. The summed E-state index contributed by atoms with van der Waals surface area (Å²) in [5, 5.41) is 3.72. The first kappa shape index (κ1) is 15.4. The van der Waals surface area contributed by atoms with Crippen molar-refractivity contribution < 1.29 is 4.39 Å². The SMILES string of the molecule is CC1(C)CN(Cc2ccc(F)cc2Br)C2(CCCC2)CN1. The van der Waals surface area contributed by atoms with Gasteiger partial charge in [0.15, 0.2) is 0 Å². The zero-order valence-electron chi connectivity index (χ0n) is 12.9. The molecule has 0 unspecified atom stereocenters. The van der Waals surface area contributed by atoms with Crippen LogP contribution in [-0.4, -0.2) is 29.1 Å². The van der Waals surface area contributed by atoms with Gasteiger partial charge in [0.2, 0.25) is 0 Å². The van der Waals surface area contributed by atoms with Crippen LogP contribution >= 0.6 is 15.9 Å². The first-order chi connectivity index (χ1) is 9.90. The second kappa shape index (κ2) is 5.64. The minimum Gasteiger partial charge on any atom is -0.309 e. The molecule has 21 heavy (non-hydrogen) atoms. The Hall–Kier alpha value is -0.450. The van der Waals surface area contributed by atoms with Gasteiger partial charge in [0.05, 0.1) is 0 Å². The maximum Gasteiger partial charge on any atom is 0.124 e. The fraction of sp³-hybridized carbons (Fsp3) is 0.647. The Morgan fingerprint density at radius 1 is 1.29 bits per heavy atom. The summed E-state index contributed by atoms with van der Waals surface area (Å²) in [4.78, 5) is 2.63. The Morgan fingerprint density at radius 2 is 2.00 bits per heavy atom. The minimum absolute atomic E-state index is 0.139. The Morgan fingerprint density at radius 3 is 2.67 bits per heavy atom. The molecule has 1 aromatic rings. The second-order valence-electron chi connectivity index (χ2n) is 7.26. The van der Waals surface area contributed by atoms with Gasteiger partial charge in [0.25, 0.3) is 0 Å². The summed E-state index contributed by atoms with van der Waals surface area (Å²) < 4.78 is 14.2. The molecule has 3 rings (SSSR count). The summed E-state index contributed by atoms with van der Waals surface area (Å²) in [5.41, 5.74) is 1.62. The molecule has 1 heterocycles. The zero-order valence-corrected chi connectivity index (χ0v) is 14.5. The van der Waals surface area contributed by atoms with E-state index in [4.69, 9.17) is 0 Å². The predicted molar refractivity (Wildman–Crippen MR) is 87.8 cm³/mol. The van der Waals surface area contributed by atoms with Crippen molar-refractivity contribution in [1.29, 1.82) is 0 Å². The van der Waals surface area contributed by atoms with E-state index in [1.165, 1.54) is 31.2 Å². The maximum atomic E-state index is 13.3. The Balaban J connectivity index is 1.85. The third-order valence-corrected chi connectivity index (χ3v) is 5.80. The molecule has 2 fully saturated rings. The largest absolute Gasteiger partial charge is 0.309 e. The molecule has 2 aliphatic rings. The molecular formula is C17H24BrFN2. The van der Waals surface area contributed by atoms with Crippen molar-refractivity contribution in [1.82, 2.24) is 10.2 Å². The van der Waals surface area contributed by atoms with Gasteiger partial charge in [0, 0.05) is 35.2 Å². The average Bonchev–Trinajstić information content (AvgIpc) is 2.87. The van der Waals surface area contributed by atoms with Gasteiger partial charge in [-0.2, -0.15) is 0 Å². The van der Waals surface area contributed by atoms with E-state index in [1.807, 2.05) is 6.07 Å². The molecule has 0 atom stereocenters. The number of rotatable bonds is 2. The van der Waals surface area contributed by atoms with Crippen molar-refractivity contribution in [3.63, 3.8) is 0 Å². The van der Waals surface area contributed by atoms with E-state index in [-0.39, 0.29) is 11.4 Å². The van der Waals surface area contributed by atoms with Gasteiger partial charge in [0.1, 0.15) is 5.82 Å². The molecule has 1 spiro atoms. The summed E-state index contributed by atoms with van der Waals surface area (Å²) in [6.07, 6.45) is 5.19. The average molecular weight is 355 g/mol. The predicted octanol–water partition coefficient (Wildman–Crippen LogP) is 4.08. The number of halogens is 2. The summed E-state index contributed by atoms with van der Waals surface area (Å²) in [5.74, 6) is -0.179. The molecule has 1 aromatic carbocycles. The minimum atomic E-state index is -0.179. The molecule has 0 amide bonds. The molecule has 0 bridgehead atoms. The lowest BCUT2D eigenvalue weighted by Crippen LogP contribution is -2.67. The van der Waals surface area contributed by atoms with Crippen LogP contribution in [0.3, 0.4) is 0 Å². The maximum absolute atomic E-state index is 13.3. The number of nitrogens with zero attached hydrogens (tertiary/aromatic N) is 1. The van der Waals surface area contributed by atoms with E-state index in [1.54, 1.807) is 12.1 Å². The van der Waals surface area contributed by atoms with E-state index in [0.717, 1.165) is 24.1 Å². The van der Waals surface area contributed by atoms with Crippen molar-refractivity contribution in [3.05, 3.63) is 34.1 Å². The Bertz CT molecular complexity index is 524. The third-order valence-electron chi connectivity index (χ3n) is 5.06. The van der Waals surface area contributed by atoms with Crippen LogP contribution in [0, 0.1) is 5.82 Å². The summed E-state index contributed by atoms with van der Waals surface area (Å²) in [6.45, 7) is 7.53. The van der Waals surface area contributed by atoms with Crippen LogP contribution in [0.15, 0.2) is 22.7 Å². The monoisotopic (exact) mass is 354 g/mol. The Kier molecular flexibility index (Phi) is 4.15. The lowest BCUT2D eigenvalue weighted by atomic mass is 9.86. The van der Waals surface area contributed by atoms with Crippen LogP contribution in [-0.2, 0) is 6.54 Å². The number of piperazine rings is 1. The lowest BCUT2D eigenvalue weighted by Gasteiger charge is -2.51. The highest BCUT2D eigenvalue weighted by atomic mass is 79.9. The standard InChI is InChI=1S/C17H24BrFN2/c1-16(2)12-21(17(11-20-16)7-3-4-8-17)10-13-5-6-14(19)9-15(13)18/h5-6,9,20H,3-4,7-8,10-12H2,1-2H3. The van der Waals surface area contributed by atoms with Gasteiger partial charge in [-0.15, -0.1) is 0 Å². The number of nitrogens with one attached hydrogen (secondary N) is 1. The van der Waals surface area contributed by atoms with Crippen LogP contribution < -0.4 is 5.32 Å². The normalized spacial score (nSPS) is 24.6. The first-order valence-corrected chi connectivity index (χ1v) is 8.64. The van der Waals surface area contributed by atoms with E-state index >= 15 is 0 Å². The summed E-state index contributed by atoms with van der Waals surface area (Å²) in [7, 11) is 0. The van der Waals surface area contributed by atoms with Gasteiger partial charge in [-0.25, -0.2) is 4.39 Å².